The summed E-state index contributed by atoms with van der Waals surface area (Å²) in [6.45, 7) is 2.76. The number of aromatic nitrogens is 4. The largest absolute Gasteiger partial charge is 0.486 e. The van der Waals surface area contributed by atoms with Crippen LogP contribution in [0.5, 0.6) is 11.5 Å². The van der Waals surface area contributed by atoms with Gasteiger partial charge in [-0.25, -0.2) is 0 Å². The fraction of sp³-hybridized carbons (Fsp3) is 0.263. The summed E-state index contributed by atoms with van der Waals surface area (Å²) in [5.74, 6) is 1.51. The van der Waals surface area contributed by atoms with Crippen LogP contribution in [-0.2, 0) is 4.79 Å². The number of hydrogen-bond acceptors (Lipinski definition) is 7. The number of nitrogens with zero attached hydrogens (tertiary/aromatic N) is 4. The first-order chi connectivity index (χ1) is 13.7. The van der Waals surface area contributed by atoms with Crippen molar-refractivity contribution < 1.29 is 14.3 Å². The monoisotopic (exact) mass is 397 g/mol. The quantitative estimate of drug-likeness (QED) is 0.636. The first-order valence-electron chi connectivity index (χ1n) is 8.83. The van der Waals surface area contributed by atoms with E-state index >= 15 is 0 Å². The summed E-state index contributed by atoms with van der Waals surface area (Å²) in [6.07, 6.45) is -0.221. The van der Waals surface area contributed by atoms with Gasteiger partial charge in [0, 0.05) is 0 Å². The molecule has 3 aromatic rings. The van der Waals surface area contributed by atoms with E-state index in [1.807, 2.05) is 55.5 Å². The summed E-state index contributed by atoms with van der Waals surface area (Å²) in [4.78, 5) is 12.2. The van der Waals surface area contributed by atoms with Gasteiger partial charge in [0.1, 0.15) is 12.7 Å². The molecule has 0 spiro atoms. The standard InChI is InChI=1S/C19H19N5O3S/c1-13-6-2-3-7-15(13)24-19(21-22-23-24)28-12-18(25)20-10-14-11-26-16-8-4-5-9-17(16)27-14/h2-9,14H,10-12H2,1H3,(H,20,25)/t14-/m1/s1. The lowest BCUT2D eigenvalue weighted by Crippen LogP contribution is -2.41. The number of carbonyl (C=O) groups excluding carboxylic acids is 1. The Bertz CT molecular complexity index is 977. The van der Waals surface area contributed by atoms with Crippen LogP contribution in [-0.4, -0.2) is 51.1 Å². The van der Waals surface area contributed by atoms with Gasteiger partial charge < -0.3 is 14.8 Å². The van der Waals surface area contributed by atoms with Crippen molar-refractivity contribution in [3.8, 4) is 17.2 Å². The fourth-order valence-corrected chi connectivity index (χ4v) is 3.51. The molecule has 0 aliphatic carbocycles. The minimum Gasteiger partial charge on any atom is -0.486 e. The van der Waals surface area contributed by atoms with Gasteiger partial charge in [0.25, 0.3) is 0 Å². The van der Waals surface area contributed by atoms with Crippen molar-refractivity contribution in [2.45, 2.75) is 18.2 Å². The van der Waals surface area contributed by atoms with Crippen LogP contribution in [0.25, 0.3) is 5.69 Å². The number of amides is 1. The molecular weight excluding hydrogens is 378 g/mol. The van der Waals surface area contributed by atoms with Crippen LogP contribution in [0.4, 0.5) is 0 Å². The molecular formula is C19H19N5O3S. The summed E-state index contributed by atoms with van der Waals surface area (Å²) < 4.78 is 13.1. The number of ether oxygens (including phenoxy) is 2. The summed E-state index contributed by atoms with van der Waals surface area (Å²) in [5, 5.41) is 15.2. The third-order valence-corrected chi connectivity index (χ3v) is 5.13. The van der Waals surface area contributed by atoms with E-state index in [0.29, 0.717) is 24.1 Å². The third kappa shape index (κ3) is 4.09. The molecule has 8 nitrogen and oxygen atoms in total. The normalized spacial score (nSPS) is 15.2. The van der Waals surface area contributed by atoms with Gasteiger partial charge in [-0.1, -0.05) is 42.1 Å². The van der Waals surface area contributed by atoms with Gasteiger partial charge in [-0.05, 0) is 41.1 Å². The van der Waals surface area contributed by atoms with E-state index in [2.05, 4.69) is 20.8 Å². The number of thioether (sulfide) groups is 1. The number of benzene rings is 2. The van der Waals surface area contributed by atoms with E-state index in [4.69, 9.17) is 9.47 Å². The van der Waals surface area contributed by atoms with Crippen molar-refractivity contribution in [1.82, 2.24) is 25.5 Å². The molecule has 0 bridgehead atoms. The average molecular weight is 397 g/mol. The minimum atomic E-state index is -0.221. The molecule has 0 unspecified atom stereocenters. The van der Waals surface area contributed by atoms with Crippen molar-refractivity contribution in [3.05, 3.63) is 54.1 Å². The van der Waals surface area contributed by atoms with Gasteiger partial charge in [-0.3, -0.25) is 4.79 Å². The van der Waals surface area contributed by atoms with Crippen LogP contribution < -0.4 is 14.8 Å². The lowest BCUT2D eigenvalue weighted by atomic mass is 10.2. The second-order valence-corrected chi connectivity index (χ2v) is 7.19. The van der Waals surface area contributed by atoms with Crippen molar-refractivity contribution in [1.29, 1.82) is 0 Å². The Balaban J connectivity index is 1.29. The zero-order valence-corrected chi connectivity index (χ0v) is 16.1. The molecule has 0 saturated heterocycles. The zero-order valence-electron chi connectivity index (χ0n) is 15.2. The average Bonchev–Trinajstić information content (AvgIpc) is 3.19. The highest BCUT2D eigenvalue weighted by Crippen LogP contribution is 2.30. The van der Waals surface area contributed by atoms with E-state index in [9.17, 15) is 4.79 Å². The smallest absolute Gasteiger partial charge is 0.230 e. The van der Waals surface area contributed by atoms with Gasteiger partial charge in [0.05, 0.1) is 18.0 Å². The van der Waals surface area contributed by atoms with Gasteiger partial charge in [0.2, 0.25) is 11.1 Å². The highest BCUT2D eigenvalue weighted by molar-refractivity contribution is 7.99. The van der Waals surface area contributed by atoms with E-state index in [1.54, 1.807) is 4.68 Å². The number of tetrazole rings is 1. The van der Waals surface area contributed by atoms with Crippen LogP contribution in [0.15, 0.2) is 53.7 Å². The minimum absolute atomic E-state index is 0.119. The molecule has 4 rings (SSSR count). The number of rotatable bonds is 6. The van der Waals surface area contributed by atoms with Crippen LogP contribution in [0, 0.1) is 6.92 Å². The number of hydrogen-bond donors (Lipinski definition) is 1. The topological polar surface area (TPSA) is 91.2 Å². The second-order valence-electron chi connectivity index (χ2n) is 6.25. The molecule has 1 atom stereocenters. The Morgan fingerprint density at radius 3 is 2.86 bits per heavy atom. The van der Waals surface area contributed by atoms with Gasteiger partial charge >= 0.3 is 0 Å². The van der Waals surface area contributed by atoms with Crippen molar-refractivity contribution >= 4 is 17.7 Å². The Hall–Kier alpha value is -3.07. The zero-order chi connectivity index (χ0) is 19.3. The first kappa shape index (κ1) is 18.3. The van der Waals surface area contributed by atoms with E-state index in [0.717, 1.165) is 17.0 Å². The predicted molar refractivity (Wildman–Crippen MR) is 104 cm³/mol. The molecule has 2 aromatic carbocycles. The summed E-state index contributed by atoms with van der Waals surface area (Å²) in [5.41, 5.74) is 1.94. The Morgan fingerprint density at radius 2 is 2.00 bits per heavy atom. The van der Waals surface area contributed by atoms with Gasteiger partial charge in [-0.2, -0.15) is 4.68 Å². The van der Waals surface area contributed by atoms with Crippen molar-refractivity contribution in [3.63, 3.8) is 0 Å². The Morgan fingerprint density at radius 1 is 1.21 bits per heavy atom. The van der Waals surface area contributed by atoms with Crippen LogP contribution in [0.2, 0.25) is 0 Å². The summed E-state index contributed by atoms with van der Waals surface area (Å²) in [6, 6.07) is 15.3. The lowest BCUT2D eigenvalue weighted by Gasteiger charge is -2.26. The Kier molecular flexibility index (Phi) is 5.43. The summed E-state index contributed by atoms with van der Waals surface area (Å²) in [7, 11) is 0. The molecule has 1 amide bonds. The molecule has 0 radical (unpaired) electrons. The van der Waals surface area contributed by atoms with Gasteiger partial charge in [-0.15, -0.1) is 5.10 Å². The van der Waals surface area contributed by atoms with E-state index in [1.165, 1.54) is 11.8 Å². The maximum absolute atomic E-state index is 12.2. The molecule has 1 aliphatic heterocycles. The SMILES string of the molecule is Cc1ccccc1-n1nnnc1SCC(=O)NC[C@@H]1COc2ccccc2O1. The lowest BCUT2D eigenvalue weighted by molar-refractivity contribution is -0.119. The highest BCUT2D eigenvalue weighted by atomic mass is 32.2. The molecule has 1 N–H and O–H groups in total. The van der Waals surface area contributed by atoms with Crippen LogP contribution in [0.1, 0.15) is 5.56 Å². The summed E-state index contributed by atoms with van der Waals surface area (Å²) >= 11 is 1.28. The number of nitrogens with one attached hydrogen (secondary N) is 1. The Labute approximate surface area is 166 Å². The van der Waals surface area contributed by atoms with E-state index < -0.39 is 0 Å². The first-order valence-corrected chi connectivity index (χ1v) is 9.81. The van der Waals surface area contributed by atoms with Crippen molar-refractivity contribution in [2.24, 2.45) is 0 Å². The number of fused-ring (bicyclic) bond motifs is 1. The molecule has 1 aromatic heterocycles. The van der Waals surface area contributed by atoms with Crippen LogP contribution in [0.3, 0.4) is 0 Å². The maximum Gasteiger partial charge on any atom is 0.230 e. The van der Waals surface area contributed by atoms with E-state index in [-0.39, 0.29) is 17.8 Å². The molecule has 1 aliphatic rings. The van der Waals surface area contributed by atoms with Gasteiger partial charge in [0.15, 0.2) is 11.5 Å². The maximum atomic E-state index is 12.2. The number of aryl methyl sites for hydroxylation is 1. The predicted octanol–water partition coefficient (Wildman–Crippen LogP) is 2.02. The van der Waals surface area contributed by atoms with Crippen LogP contribution >= 0.6 is 11.8 Å². The third-order valence-electron chi connectivity index (χ3n) is 4.21. The fourth-order valence-electron chi connectivity index (χ4n) is 2.79. The molecule has 9 heteroatoms. The number of para-hydroxylation sites is 3. The molecule has 2 heterocycles. The van der Waals surface area contributed by atoms with Crippen molar-refractivity contribution in [2.75, 3.05) is 18.9 Å². The molecule has 0 fully saturated rings. The molecule has 0 saturated carbocycles. The second kappa shape index (κ2) is 8.30. The highest BCUT2D eigenvalue weighted by Gasteiger charge is 2.21. The number of carbonyl (C=O) groups is 1. The molecule has 28 heavy (non-hydrogen) atoms. The molecule has 144 valence electrons.